The van der Waals surface area contributed by atoms with E-state index in [-0.39, 0.29) is 50.3 Å². The highest BCUT2D eigenvalue weighted by Gasteiger charge is 2.52. The Kier molecular flexibility index (Phi) is 10.7. The molecule has 0 saturated carbocycles. The minimum atomic E-state index is -0.864. The molecule has 2 aliphatic rings. The van der Waals surface area contributed by atoms with Crippen LogP contribution in [0.5, 0.6) is 5.75 Å². The molecule has 8 rings (SSSR count). The molecule has 0 spiro atoms. The van der Waals surface area contributed by atoms with Crippen molar-refractivity contribution in [2.45, 2.75) is 31.7 Å². The standard InChI is InChI=1S/C47H42N6O5/c1-3-26-51(47(57)48-28-33-20-24-38(58-2)25-21-33)52-31-44(54)53-42(46(56)50(30-43(52)53)29-36-14-8-12-34-10-4-6-15-39(34)36)27-32-18-22-37(23-19-32)49-45(55)41-17-9-13-35-11-5-7-16-40(35)41/h1,4-25,42-43H,26-31H2,2H3,(H,48,57)(H,49,55)/t42-,43+/m0/s1. The van der Waals surface area contributed by atoms with E-state index in [0.717, 1.165) is 38.2 Å². The number of hydrogen-bond donors (Lipinski definition) is 2. The zero-order valence-electron chi connectivity index (χ0n) is 32.0. The predicted octanol–water partition coefficient (Wildman–Crippen LogP) is 6.44. The first-order valence-corrected chi connectivity index (χ1v) is 19.1. The Balaban J connectivity index is 1.06. The molecule has 11 heteroatoms. The van der Waals surface area contributed by atoms with Gasteiger partial charge in [0.25, 0.3) is 5.91 Å². The molecule has 0 unspecified atom stereocenters. The molecule has 2 saturated heterocycles. The quantitative estimate of drug-likeness (QED) is 0.147. The van der Waals surface area contributed by atoms with Crippen LogP contribution in [0.25, 0.3) is 21.5 Å². The lowest BCUT2D eigenvalue weighted by atomic mass is 9.98. The van der Waals surface area contributed by atoms with E-state index in [1.165, 1.54) is 5.01 Å². The highest BCUT2D eigenvalue weighted by atomic mass is 16.5. The van der Waals surface area contributed by atoms with E-state index in [9.17, 15) is 19.2 Å². The number of benzene rings is 6. The Labute approximate surface area is 336 Å². The van der Waals surface area contributed by atoms with Gasteiger partial charge in [0.1, 0.15) is 18.0 Å². The van der Waals surface area contributed by atoms with Crippen LogP contribution in [0.3, 0.4) is 0 Å². The fourth-order valence-corrected chi connectivity index (χ4v) is 7.97. The molecular formula is C47H42N6O5. The second-order valence-corrected chi connectivity index (χ2v) is 14.4. The van der Waals surface area contributed by atoms with Crippen LogP contribution in [0.2, 0.25) is 0 Å². The van der Waals surface area contributed by atoms with Gasteiger partial charge in [-0.05, 0) is 68.6 Å². The summed E-state index contributed by atoms with van der Waals surface area (Å²) in [5.74, 6) is 2.58. The smallest absolute Gasteiger partial charge is 0.333 e. The van der Waals surface area contributed by atoms with Crippen molar-refractivity contribution in [3.8, 4) is 18.1 Å². The molecule has 290 valence electrons. The van der Waals surface area contributed by atoms with E-state index in [1.807, 2.05) is 115 Å². The summed E-state index contributed by atoms with van der Waals surface area (Å²) < 4.78 is 5.26. The first kappa shape index (κ1) is 37.7. The maximum absolute atomic E-state index is 14.6. The maximum Gasteiger partial charge on any atom is 0.333 e. The van der Waals surface area contributed by atoms with E-state index >= 15 is 0 Å². The number of carbonyl (C=O) groups is 4. The Hall–Kier alpha value is -7.16. The van der Waals surface area contributed by atoms with Gasteiger partial charge in [0.05, 0.1) is 26.7 Å². The summed E-state index contributed by atoms with van der Waals surface area (Å²) in [6.45, 7) is 0.483. The van der Waals surface area contributed by atoms with E-state index < -0.39 is 18.2 Å². The van der Waals surface area contributed by atoms with Crippen molar-refractivity contribution in [2.75, 3.05) is 32.1 Å². The summed E-state index contributed by atoms with van der Waals surface area (Å²) in [4.78, 5) is 59.2. The van der Waals surface area contributed by atoms with Gasteiger partial charge in [-0.2, -0.15) is 5.01 Å². The monoisotopic (exact) mass is 770 g/mol. The number of methoxy groups -OCH3 is 1. The van der Waals surface area contributed by atoms with E-state index in [1.54, 1.807) is 40.1 Å². The second kappa shape index (κ2) is 16.5. The molecule has 2 atom stereocenters. The largest absolute Gasteiger partial charge is 0.497 e. The first-order chi connectivity index (χ1) is 28.3. The number of rotatable bonds is 11. The van der Waals surface area contributed by atoms with E-state index in [2.05, 4.69) is 16.6 Å². The molecule has 0 radical (unpaired) electrons. The van der Waals surface area contributed by atoms with Crippen molar-refractivity contribution in [1.82, 2.24) is 25.1 Å². The molecule has 2 aliphatic heterocycles. The van der Waals surface area contributed by atoms with Crippen molar-refractivity contribution in [3.63, 3.8) is 0 Å². The van der Waals surface area contributed by atoms with Crippen molar-refractivity contribution in [2.24, 2.45) is 0 Å². The molecule has 6 aromatic carbocycles. The normalized spacial score (nSPS) is 16.6. The molecule has 11 nitrogen and oxygen atoms in total. The summed E-state index contributed by atoms with van der Waals surface area (Å²) in [5, 5.41) is 12.9. The van der Waals surface area contributed by atoms with Crippen LogP contribution in [-0.4, -0.2) is 82.5 Å². The number of nitrogens with zero attached hydrogens (tertiary/aromatic N) is 4. The summed E-state index contributed by atoms with van der Waals surface area (Å²) >= 11 is 0. The van der Waals surface area contributed by atoms with Crippen molar-refractivity contribution in [1.29, 1.82) is 0 Å². The fraction of sp³-hybridized carbons (Fsp3) is 0.191. The number of fused-ring (bicyclic) bond motifs is 3. The number of terminal acetylenes is 1. The Morgan fingerprint density at radius 2 is 1.47 bits per heavy atom. The van der Waals surface area contributed by atoms with Gasteiger partial charge in [0.2, 0.25) is 11.8 Å². The van der Waals surface area contributed by atoms with Gasteiger partial charge in [0, 0.05) is 30.8 Å². The van der Waals surface area contributed by atoms with E-state index in [0.29, 0.717) is 23.5 Å². The summed E-state index contributed by atoms with van der Waals surface area (Å²) in [7, 11) is 1.59. The third-order valence-corrected chi connectivity index (χ3v) is 10.9. The number of nitrogens with one attached hydrogen (secondary N) is 2. The Morgan fingerprint density at radius 1 is 0.810 bits per heavy atom. The van der Waals surface area contributed by atoms with Crippen molar-refractivity contribution >= 4 is 51.0 Å². The highest BCUT2D eigenvalue weighted by molar-refractivity contribution is 6.13. The first-order valence-electron chi connectivity index (χ1n) is 19.1. The number of amides is 5. The van der Waals surface area contributed by atoms with Crippen molar-refractivity contribution < 1.29 is 23.9 Å². The lowest BCUT2D eigenvalue weighted by Gasteiger charge is -2.46. The average molecular weight is 771 g/mol. The third kappa shape index (κ3) is 7.65. The zero-order chi connectivity index (χ0) is 40.2. The number of ether oxygens (including phenoxy) is 1. The summed E-state index contributed by atoms with van der Waals surface area (Å²) in [6, 6.07) is 40.8. The average Bonchev–Trinajstić information content (AvgIpc) is 3.58. The second-order valence-electron chi connectivity index (χ2n) is 14.4. The van der Waals surface area contributed by atoms with Crippen LogP contribution in [0, 0.1) is 12.3 Å². The van der Waals surface area contributed by atoms with Crippen LogP contribution < -0.4 is 15.4 Å². The van der Waals surface area contributed by atoms with E-state index in [4.69, 9.17) is 11.2 Å². The molecule has 0 aromatic heterocycles. The number of carbonyl (C=O) groups excluding carboxylic acids is 4. The molecule has 0 bridgehead atoms. The topological polar surface area (TPSA) is 115 Å². The van der Waals surface area contributed by atoms with Gasteiger partial charge in [-0.3, -0.25) is 14.4 Å². The van der Waals surface area contributed by atoms with Gasteiger partial charge in [-0.25, -0.2) is 9.80 Å². The number of urea groups is 1. The summed E-state index contributed by atoms with van der Waals surface area (Å²) in [6.07, 6.45) is 5.37. The SMILES string of the molecule is C#CCN(C(=O)NCc1ccc(OC)cc1)N1CC(=O)N2[C@@H](Cc3ccc(NC(=O)c4cccc5ccccc45)cc3)C(=O)N(Cc3cccc4ccccc34)C[C@@H]21. The molecule has 58 heavy (non-hydrogen) atoms. The highest BCUT2D eigenvalue weighted by Crippen LogP contribution is 2.32. The number of hydrazine groups is 1. The van der Waals surface area contributed by atoms with Gasteiger partial charge in [-0.15, -0.1) is 6.42 Å². The minimum absolute atomic E-state index is 0.0834. The van der Waals surface area contributed by atoms with Crippen LogP contribution >= 0.6 is 0 Å². The zero-order valence-corrected chi connectivity index (χ0v) is 32.0. The van der Waals surface area contributed by atoms with Gasteiger partial charge in [-0.1, -0.05) is 109 Å². The van der Waals surface area contributed by atoms with Gasteiger partial charge < -0.3 is 25.2 Å². The Bertz CT molecular complexity index is 2540. The van der Waals surface area contributed by atoms with Gasteiger partial charge in [0.15, 0.2) is 0 Å². The lowest BCUT2D eigenvalue weighted by Crippen LogP contribution is -2.66. The van der Waals surface area contributed by atoms with Crippen LogP contribution in [0.1, 0.15) is 27.0 Å². The molecule has 6 aromatic rings. The minimum Gasteiger partial charge on any atom is -0.497 e. The predicted molar refractivity (Wildman–Crippen MR) is 223 cm³/mol. The molecule has 2 fully saturated rings. The van der Waals surface area contributed by atoms with Gasteiger partial charge >= 0.3 is 6.03 Å². The third-order valence-electron chi connectivity index (χ3n) is 10.9. The molecule has 2 heterocycles. The molecule has 5 amide bonds. The molecular weight excluding hydrogens is 729 g/mol. The molecule has 2 N–H and O–H groups in total. The number of hydrogen-bond acceptors (Lipinski definition) is 6. The fourth-order valence-electron chi connectivity index (χ4n) is 7.97. The lowest BCUT2D eigenvalue weighted by molar-refractivity contribution is -0.157. The summed E-state index contributed by atoms with van der Waals surface area (Å²) in [5.41, 5.74) is 3.80. The Morgan fingerprint density at radius 3 is 2.19 bits per heavy atom. The van der Waals surface area contributed by atoms with Crippen molar-refractivity contribution in [3.05, 3.63) is 156 Å². The molecule has 0 aliphatic carbocycles. The van der Waals surface area contributed by atoms with Crippen LogP contribution in [-0.2, 0) is 29.1 Å². The van der Waals surface area contributed by atoms with Crippen LogP contribution in [0.15, 0.2) is 133 Å². The number of piperazine rings is 1. The van der Waals surface area contributed by atoms with Crippen LogP contribution in [0.4, 0.5) is 10.5 Å². The maximum atomic E-state index is 14.6. The number of anilines is 1.